The van der Waals surface area contributed by atoms with Gasteiger partial charge in [-0.25, -0.2) is 14.4 Å². The highest BCUT2D eigenvalue weighted by molar-refractivity contribution is 5.58. The minimum Gasteiger partial charge on any atom is -0.356 e. The number of benzene rings is 1. The molecule has 1 aromatic carbocycles. The molecule has 0 spiro atoms. The average Bonchev–Trinajstić information content (AvgIpc) is 2.48. The summed E-state index contributed by atoms with van der Waals surface area (Å²) >= 11 is 0. The molecular formula is C16H19FN4. The summed E-state index contributed by atoms with van der Waals surface area (Å²) in [7, 11) is 0. The van der Waals surface area contributed by atoms with Gasteiger partial charge in [-0.1, -0.05) is 0 Å². The van der Waals surface area contributed by atoms with E-state index in [4.69, 9.17) is 5.73 Å². The predicted molar refractivity (Wildman–Crippen MR) is 81.6 cm³/mol. The molecule has 0 bridgehead atoms. The molecule has 1 aliphatic rings. The van der Waals surface area contributed by atoms with E-state index in [1.54, 1.807) is 12.1 Å². The Balaban J connectivity index is 1.91. The standard InChI is InChI=1S/C16H19FN4/c1-11-10-15(21-8-6-14(18)7-9-21)20-16(19-11)12-2-4-13(17)5-3-12/h2-5,10,14H,6-9,18H2,1H3. The van der Waals surface area contributed by atoms with Gasteiger partial charge in [0.2, 0.25) is 0 Å². The zero-order valence-electron chi connectivity index (χ0n) is 12.1. The highest BCUT2D eigenvalue weighted by atomic mass is 19.1. The molecule has 1 saturated heterocycles. The van der Waals surface area contributed by atoms with Gasteiger partial charge < -0.3 is 10.6 Å². The first-order chi connectivity index (χ1) is 10.1. The van der Waals surface area contributed by atoms with Crippen LogP contribution in [0.2, 0.25) is 0 Å². The summed E-state index contributed by atoms with van der Waals surface area (Å²) < 4.78 is 13.0. The fraction of sp³-hybridized carbons (Fsp3) is 0.375. The van der Waals surface area contributed by atoms with Crippen molar-refractivity contribution in [2.45, 2.75) is 25.8 Å². The fourth-order valence-corrected chi connectivity index (χ4v) is 2.57. The van der Waals surface area contributed by atoms with Crippen molar-refractivity contribution in [3.8, 4) is 11.4 Å². The lowest BCUT2D eigenvalue weighted by molar-refractivity contribution is 0.498. The van der Waals surface area contributed by atoms with E-state index in [-0.39, 0.29) is 5.82 Å². The third-order valence-electron chi connectivity index (χ3n) is 3.81. The topological polar surface area (TPSA) is 55.0 Å². The number of hydrogen-bond donors (Lipinski definition) is 1. The van der Waals surface area contributed by atoms with Gasteiger partial charge in [0.05, 0.1) is 0 Å². The maximum atomic E-state index is 13.0. The largest absolute Gasteiger partial charge is 0.356 e. The lowest BCUT2D eigenvalue weighted by Crippen LogP contribution is -2.40. The van der Waals surface area contributed by atoms with Gasteiger partial charge in [-0.15, -0.1) is 0 Å². The zero-order chi connectivity index (χ0) is 14.8. The van der Waals surface area contributed by atoms with Crippen molar-refractivity contribution in [1.82, 2.24) is 9.97 Å². The van der Waals surface area contributed by atoms with E-state index in [2.05, 4.69) is 14.9 Å². The molecule has 4 nitrogen and oxygen atoms in total. The van der Waals surface area contributed by atoms with Crippen molar-refractivity contribution in [1.29, 1.82) is 0 Å². The number of nitrogens with two attached hydrogens (primary N) is 1. The van der Waals surface area contributed by atoms with Crippen molar-refractivity contribution in [2.75, 3.05) is 18.0 Å². The van der Waals surface area contributed by atoms with Crippen LogP contribution in [0.4, 0.5) is 10.2 Å². The van der Waals surface area contributed by atoms with Gasteiger partial charge in [-0.2, -0.15) is 0 Å². The predicted octanol–water partition coefficient (Wildman–Crippen LogP) is 2.52. The smallest absolute Gasteiger partial charge is 0.161 e. The van der Waals surface area contributed by atoms with Gasteiger partial charge in [0, 0.05) is 36.5 Å². The highest BCUT2D eigenvalue weighted by Gasteiger charge is 2.18. The number of hydrogen-bond acceptors (Lipinski definition) is 4. The highest BCUT2D eigenvalue weighted by Crippen LogP contribution is 2.22. The van der Waals surface area contributed by atoms with Gasteiger partial charge in [-0.05, 0) is 44.0 Å². The van der Waals surface area contributed by atoms with Crippen LogP contribution in [0.5, 0.6) is 0 Å². The van der Waals surface area contributed by atoms with Crippen LogP contribution in [0, 0.1) is 12.7 Å². The molecule has 0 saturated carbocycles. The molecule has 1 aliphatic heterocycles. The van der Waals surface area contributed by atoms with E-state index in [9.17, 15) is 4.39 Å². The molecule has 2 heterocycles. The summed E-state index contributed by atoms with van der Waals surface area (Å²) in [6.45, 7) is 3.79. The van der Waals surface area contributed by atoms with E-state index >= 15 is 0 Å². The Morgan fingerprint density at radius 1 is 1.14 bits per heavy atom. The van der Waals surface area contributed by atoms with Gasteiger partial charge >= 0.3 is 0 Å². The summed E-state index contributed by atoms with van der Waals surface area (Å²) in [5, 5.41) is 0. The summed E-state index contributed by atoms with van der Waals surface area (Å²) in [5.41, 5.74) is 7.69. The minimum atomic E-state index is -0.253. The molecule has 1 aromatic heterocycles. The Labute approximate surface area is 123 Å². The number of nitrogens with zero attached hydrogens (tertiary/aromatic N) is 3. The molecule has 3 rings (SSSR count). The maximum Gasteiger partial charge on any atom is 0.161 e. The Morgan fingerprint density at radius 3 is 2.48 bits per heavy atom. The summed E-state index contributed by atoms with van der Waals surface area (Å²) in [6, 6.07) is 8.56. The molecule has 2 N–H and O–H groups in total. The number of rotatable bonds is 2. The van der Waals surface area contributed by atoms with Crippen LogP contribution in [-0.4, -0.2) is 29.1 Å². The monoisotopic (exact) mass is 286 g/mol. The van der Waals surface area contributed by atoms with Crippen LogP contribution in [0.1, 0.15) is 18.5 Å². The van der Waals surface area contributed by atoms with Gasteiger partial charge in [0.15, 0.2) is 5.82 Å². The van der Waals surface area contributed by atoms with Crippen molar-refractivity contribution in [3.63, 3.8) is 0 Å². The van der Waals surface area contributed by atoms with Crippen molar-refractivity contribution in [2.24, 2.45) is 5.73 Å². The summed E-state index contributed by atoms with van der Waals surface area (Å²) in [6.07, 6.45) is 1.96. The van der Waals surface area contributed by atoms with Gasteiger partial charge in [-0.3, -0.25) is 0 Å². The van der Waals surface area contributed by atoms with Crippen LogP contribution in [0.15, 0.2) is 30.3 Å². The molecule has 5 heteroatoms. The SMILES string of the molecule is Cc1cc(N2CCC(N)CC2)nc(-c2ccc(F)cc2)n1. The molecule has 1 fully saturated rings. The van der Waals surface area contributed by atoms with E-state index in [1.165, 1.54) is 12.1 Å². The Hall–Kier alpha value is -2.01. The second-order valence-corrected chi connectivity index (χ2v) is 5.52. The molecule has 0 radical (unpaired) electrons. The van der Waals surface area contributed by atoms with Crippen molar-refractivity contribution >= 4 is 5.82 Å². The quantitative estimate of drug-likeness (QED) is 0.921. The first kappa shape index (κ1) is 13.9. The number of halogens is 1. The lowest BCUT2D eigenvalue weighted by Gasteiger charge is -2.31. The number of aryl methyl sites for hydroxylation is 1. The zero-order valence-corrected chi connectivity index (χ0v) is 12.1. The van der Waals surface area contributed by atoms with Crippen molar-refractivity contribution < 1.29 is 4.39 Å². The number of piperidine rings is 1. The third-order valence-corrected chi connectivity index (χ3v) is 3.81. The van der Waals surface area contributed by atoms with Crippen molar-refractivity contribution in [3.05, 3.63) is 41.8 Å². The normalized spacial score (nSPS) is 16.2. The first-order valence-corrected chi connectivity index (χ1v) is 7.24. The average molecular weight is 286 g/mol. The van der Waals surface area contributed by atoms with E-state index in [0.717, 1.165) is 43.0 Å². The third kappa shape index (κ3) is 3.19. The Bertz CT molecular complexity index is 619. The summed E-state index contributed by atoms with van der Waals surface area (Å²) in [4.78, 5) is 11.3. The minimum absolute atomic E-state index is 0.253. The maximum absolute atomic E-state index is 13.0. The second-order valence-electron chi connectivity index (χ2n) is 5.52. The number of aromatic nitrogens is 2. The fourth-order valence-electron chi connectivity index (χ4n) is 2.57. The van der Waals surface area contributed by atoms with Gasteiger partial charge in [0.25, 0.3) is 0 Å². The van der Waals surface area contributed by atoms with E-state index in [0.29, 0.717) is 11.9 Å². The molecule has 2 aromatic rings. The van der Waals surface area contributed by atoms with Crippen LogP contribution >= 0.6 is 0 Å². The molecular weight excluding hydrogens is 267 g/mol. The molecule has 0 amide bonds. The molecule has 21 heavy (non-hydrogen) atoms. The molecule has 0 unspecified atom stereocenters. The number of anilines is 1. The molecule has 110 valence electrons. The Kier molecular flexibility index (Phi) is 3.84. The second kappa shape index (κ2) is 5.77. The summed E-state index contributed by atoms with van der Waals surface area (Å²) in [5.74, 6) is 1.31. The van der Waals surface area contributed by atoms with Gasteiger partial charge in [0.1, 0.15) is 11.6 Å². The van der Waals surface area contributed by atoms with E-state index in [1.807, 2.05) is 13.0 Å². The van der Waals surface area contributed by atoms with Crippen LogP contribution < -0.4 is 10.6 Å². The van der Waals surface area contributed by atoms with E-state index < -0.39 is 0 Å². The van der Waals surface area contributed by atoms with Crippen LogP contribution in [0.3, 0.4) is 0 Å². The Morgan fingerprint density at radius 2 is 1.81 bits per heavy atom. The molecule has 0 atom stereocenters. The van der Waals surface area contributed by atoms with Crippen LogP contribution in [-0.2, 0) is 0 Å². The lowest BCUT2D eigenvalue weighted by atomic mass is 10.1. The van der Waals surface area contributed by atoms with Crippen LogP contribution in [0.25, 0.3) is 11.4 Å². The first-order valence-electron chi connectivity index (χ1n) is 7.24. The molecule has 0 aliphatic carbocycles.